The molecule has 11 heteroatoms. The Kier molecular flexibility index (Phi) is 6.13. The van der Waals surface area contributed by atoms with Crippen LogP contribution in [0.1, 0.15) is 12.8 Å². The van der Waals surface area contributed by atoms with Crippen LogP contribution in [-0.4, -0.2) is 44.8 Å². The average molecular weight is 393 g/mol. The van der Waals surface area contributed by atoms with Crippen LogP contribution in [-0.2, 0) is 10.0 Å². The number of ether oxygens (including phenoxy) is 1. The monoisotopic (exact) mass is 393 g/mol. The van der Waals surface area contributed by atoms with Crippen LogP contribution in [0.2, 0.25) is 0 Å². The Bertz CT molecular complexity index is 750. The summed E-state index contributed by atoms with van der Waals surface area (Å²) in [5, 5.41) is 3.35. The summed E-state index contributed by atoms with van der Waals surface area (Å²) in [5.74, 6) is -0.396. The van der Waals surface area contributed by atoms with Crippen LogP contribution in [0.4, 0.5) is 23.7 Å². The predicted octanol–water partition coefficient (Wildman–Crippen LogP) is 2.64. The number of likely N-dealkylation sites (tertiary alicyclic amines) is 1. The van der Waals surface area contributed by atoms with Gasteiger partial charge in [-0.3, -0.25) is 0 Å². The van der Waals surface area contributed by atoms with E-state index in [4.69, 9.17) is 0 Å². The highest BCUT2D eigenvalue weighted by Crippen LogP contribution is 2.24. The molecule has 2 amide bonds. The van der Waals surface area contributed by atoms with Crippen molar-refractivity contribution in [2.24, 2.45) is 0 Å². The lowest BCUT2D eigenvalue weighted by Crippen LogP contribution is -2.50. The summed E-state index contributed by atoms with van der Waals surface area (Å²) in [6.45, 7) is 3.83. The Balaban J connectivity index is 1.93. The maximum absolute atomic E-state index is 12.3. The van der Waals surface area contributed by atoms with Crippen LogP contribution in [0, 0.1) is 0 Å². The lowest BCUT2D eigenvalue weighted by molar-refractivity contribution is -0.274. The Morgan fingerprint density at radius 1 is 1.31 bits per heavy atom. The summed E-state index contributed by atoms with van der Waals surface area (Å²) in [6.07, 6.45) is -3.59. The van der Waals surface area contributed by atoms with E-state index in [0.717, 1.165) is 17.5 Å². The summed E-state index contributed by atoms with van der Waals surface area (Å²) >= 11 is 0. The van der Waals surface area contributed by atoms with Gasteiger partial charge in [0.25, 0.3) is 0 Å². The van der Waals surface area contributed by atoms with Gasteiger partial charge < -0.3 is 15.0 Å². The first-order valence-electron chi connectivity index (χ1n) is 7.64. The minimum absolute atomic E-state index is 0.175. The number of urea groups is 1. The SMILES string of the molecule is C=CS(=O)(=O)NC1CCCN(C(=O)Nc2ccc(OC(F)(F)F)cc2)C1. The van der Waals surface area contributed by atoms with E-state index in [-0.39, 0.29) is 6.54 Å². The Morgan fingerprint density at radius 3 is 2.54 bits per heavy atom. The highest BCUT2D eigenvalue weighted by atomic mass is 32.2. The topological polar surface area (TPSA) is 87.7 Å². The van der Waals surface area contributed by atoms with E-state index in [1.165, 1.54) is 17.0 Å². The fraction of sp³-hybridized carbons (Fsp3) is 0.400. The highest BCUT2D eigenvalue weighted by Gasteiger charge is 2.31. The third-order valence-corrected chi connectivity index (χ3v) is 4.70. The maximum atomic E-state index is 12.3. The molecule has 1 aliphatic heterocycles. The molecule has 1 unspecified atom stereocenters. The first kappa shape index (κ1) is 20.0. The number of anilines is 1. The summed E-state index contributed by atoms with van der Waals surface area (Å²) in [7, 11) is -3.60. The smallest absolute Gasteiger partial charge is 0.406 e. The Morgan fingerprint density at radius 2 is 1.96 bits per heavy atom. The number of halogens is 3. The van der Waals surface area contributed by atoms with Crippen LogP contribution in [0.5, 0.6) is 5.75 Å². The second-order valence-corrected chi connectivity index (χ2v) is 7.28. The summed E-state index contributed by atoms with van der Waals surface area (Å²) in [5.41, 5.74) is 0.290. The van der Waals surface area contributed by atoms with Gasteiger partial charge in [0, 0.05) is 30.2 Å². The molecule has 0 spiro atoms. The van der Waals surface area contributed by atoms with Crippen molar-refractivity contribution in [3.05, 3.63) is 36.3 Å². The Hall–Kier alpha value is -2.27. The zero-order valence-electron chi connectivity index (χ0n) is 13.6. The minimum Gasteiger partial charge on any atom is -0.406 e. The molecule has 1 saturated heterocycles. The van der Waals surface area contributed by atoms with Crippen LogP contribution < -0.4 is 14.8 Å². The molecule has 2 N–H and O–H groups in total. The largest absolute Gasteiger partial charge is 0.573 e. The lowest BCUT2D eigenvalue weighted by atomic mass is 10.1. The first-order valence-corrected chi connectivity index (χ1v) is 9.19. The number of hydrogen-bond donors (Lipinski definition) is 2. The standard InChI is InChI=1S/C15H18F3N3O4S/c1-2-26(23,24)20-12-4-3-9-21(10-12)14(22)19-11-5-7-13(8-6-11)25-15(16,17)18/h2,5-8,12,20H,1,3-4,9-10H2,(H,19,22). The van der Waals surface area contributed by atoms with Gasteiger partial charge >= 0.3 is 12.4 Å². The van der Waals surface area contributed by atoms with Crippen molar-refractivity contribution in [1.82, 2.24) is 9.62 Å². The molecule has 1 atom stereocenters. The van der Waals surface area contributed by atoms with E-state index < -0.39 is 34.2 Å². The van der Waals surface area contributed by atoms with Crippen molar-refractivity contribution >= 4 is 21.7 Å². The number of carbonyl (C=O) groups excluding carboxylic acids is 1. The van der Waals surface area contributed by atoms with E-state index in [0.29, 0.717) is 25.1 Å². The van der Waals surface area contributed by atoms with Gasteiger partial charge in [-0.2, -0.15) is 0 Å². The molecule has 0 aliphatic carbocycles. The zero-order valence-corrected chi connectivity index (χ0v) is 14.4. The number of alkyl halides is 3. The van der Waals surface area contributed by atoms with Crippen molar-refractivity contribution in [2.75, 3.05) is 18.4 Å². The number of rotatable bonds is 5. The molecule has 0 radical (unpaired) electrons. The molecular weight excluding hydrogens is 375 g/mol. The fourth-order valence-corrected chi connectivity index (χ4v) is 3.23. The summed E-state index contributed by atoms with van der Waals surface area (Å²) < 4.78 is 65.6. The molecule has 7 nitrogen and oxygen atoms in total. The second kappa shape index (κ2) is 7.96. The van der Waals surface area contributed by atoms with Crippen molar-refractivity contribution in [3.8, 4) is 5.75 Å². The van der Waals surface area contributed by atoms with E-state index in [1.807, 2.05) is 0 Å². The average Bonchev–Trinajstić information content (AvgIpc) is 2.55. The van der Waals surface area contributed by atoms with E-state index in [2.05, 4.69) is 21.4 Å². The van der Waals surface area contributed by atoms with Gasteiger partial charge in [0.2, 0.25) is 10.0 Å². The molecule has 144 valence electrons. The van der Waals surface area contributed by atoms with Crippen molar-refractivity contribution in [1.29, 1.82) is 0 Å². The number of amides is 2. The first-order chi connectivity index (χ1) is 12.1. The third kappa shape index (κ3) is 6.23. The molecule has 0 saturated carbocycles. The second-order valence-electron chi connectivity index (χ2n) is 5.62. The molecule has 1 aromatic rings. The fourth-order valence-electron chi connectivity index (χ4n) is 2.48. The number of hydrogen-bond acceptors (Lipinski definition) is 4. The molecule has 1 aromatic carbocycles. The van der Waals surface area contributed by atoms with Gasteiger partial charge in [-0.15, -0.1) is 13.2 Å². The van der Waals surface area contributed by atoms with Gasteiger partial charge in [0.15, 0.2) is 0 Å². The van der Waals surface area contributed by atoms with Crippen molar-refractivity contribution in [2.45, 2.75) is 25.2 Å². The van der Waals surface area contributed by atoms with Gasteiger partial charge in [-0.1, -0.05) is 6.58 Å². The quantitative estimate of drug-likeness (QED) is 0.805. The van der Waals surface area contributed by atoms with Crippen LogP contribution in [0.3, 0.4) is 0 Å². The minimum atomic E-state index is -4.79. The molecule has 0 bridgehead atoms. The lowest BCUT2D eigenvalue weighted by Gasteiger charge is -2.32. The van der Waals surface area contributed by atoms with Gasteiger partial charge in [-0.05, 0) is 37.1 Å². The molecule has 26 heavy (non-hydrogen) atoms. The Labute approximate surface area is 148 Å². The van der Waals surface area contributed by atoms with Gasteiger partial charge in [0.05, 0.1) is 0 Å². The number of nitrogens with one attached hydrogen (secondary N) is 2. The molecule has 0 aromatic heterocycles. The number of piperidine rings is 1. The van der Waals surface area contributed by atoms with Crippen LogP contribution in [0.25, 0.3) is 0 Å². The van der Waals surface area contributed by atoms with Gasteiger partial charge in [0.1, 0.15) is 5.75 Å². The van der Waals surface area contributed by atoms with Crippen LogP contribution in [0.15, 0.2) is 36.3 Å². The van der Waals surface area contributed by atoms with Gasteiger partial charge in [-0.25, -0.2) is 17.9 Å². The predicted molar refractivity (Wildman–Crippen MR) is 89.0 cm³/mol. The number of nitrogens with zero attached hydrogens (tertiary/aromatic N) is 1. The van der Waals surface area contributed by atoms with Crippen LogP contribution >= 0.6 is 0 Å². The maximum Gasteiger partial charge on any atom is 0.573 e. The molecule has 1 aliphatic rings. The molecule has 1 fully saturated rings. The third-order valence-electron chi connectivity index (χ3n) is 3.60. The highest BCUT2D eigenvalue weighted by molar-refractivity contribution is 7.92. The molecule has 1 heterocycles. The van der Waals surface area contributed by atoms with Crippen molar-refractivity contribution in [3.63, 3.8) is 0 Å². The molecular formula is C15H18F3N3O4S. The summed E-state index contributed by atoms with van der Waals surface area (Å²) in [4.78, 5) is 13.7. The van der Waals surface area contributed by atoms with E-state index in [9.17, 15) is 26.4 Å². The van der Waals surface area contributed by atoms with E-state index >= 15 is 0 Å². The van der Waals surface area contributed by atoms with E-state index in [1.54, 1.807) is 0 Å². The zero-order chi connectivity index (χ0) is 19.4. The number of carbonyl (C=O) groups is 1. The molecule has 2 rings (SSSR count). The summed E-state index contributed by atoms with van der Waals surface area (Å²) in [6, 6.07) is 3.82. The normalized spacial score (nSPS) is 18.3. The van der Waals surface area contributed by atoms with Crippen molar-refractivity contribution < 1.29 is 31.1 Å². The number of benzene rings is 1. The number of sulfonamides is 1.